The molecule has 1 N–H and O–H groups in total. The first-order valence-electron chi connectivity index (χ1n) is 10.6. The number of carbonyl (C=O) groups is 2. The van der Waals surface area contributed by atoms with Gasteiger partial charge < -0.3 is 23.8 Å². The van der Waals surface area contributed by atoms with E-state index in [0.717, 1.165) is 22.6 Å². The van der Waals surface area contributed by atoms with Crippen molar-refractivity contribution in [2.75, 3.05) is 19.0 Å². The van der Waals surface area contributed by atoms with Crippen molar-refractivity contribution in [3.8, 4) is 17.1 Å². The van der Waals surface area contributed by atoms with Gasteiger partial charge in [0.15, 0.2) is 5.76 Å². The van der Waals surface area contributed by atoms with Gasteiger partial charge in [0.2, 0.25) is 0 Å². The maximum Gasteiger partial charge on any atom is 0.289 e. The maximum absolute atomic E-state index is 12.6. The summed E-state index contributed by atoms with van der Waals surface area (Å²) in [5.74, 6) is 2.26. The van der Waals surface area contributed by atoms with Gasteiger partial charge in [0.05, 0.1) is 13.4 Å². The lowest BCUT2D eigenvalue weighted by Gasteiger charge is -2.25. The summed E-state index contributed by atoms with van der Waals surface area (Å²) in [7, 11) is 1.57. The van der Waals surface area contributed by atoms with Crippen LogP contribution in [-0.4, -0.2) is 30.4 Å². The predicted molar refractivity (Wildman–Crippen MR) is 122 cm³/mol. The molecule has 0 aliphatic carbocycles. The molecule has 7 heteroatoms. The maximum atomic E-state index is 12.6. The van der Waals surface area contributed by atoms with Gasteiger partial charge in [-0.2, -0.15) is 0 Å². The molecule has 33 heavy (non-hydrogen) atoms. The van der Waals surface area contributed by atoms with Crippen molar-refractivity contribution < 1.29 is 23.2 Å². The van der Waals surface area contributed by atoms with E-state index in [1.54, 1.807) is 48.4 Å². The molecular formula is C26H22N2O5. The van der Waals surface area contributed by atoms with E-state index in [1.165, 1.54) is 6.26 Å². The first kappa shape index (κ1) is 20.6. The molecule has 0 spiro atoms. The lowest BCUT2D eigenvalue weighted by Crippen LogP contribution is -2.35. The van der Waals surface area contributed by atoms with E-state index in [-0.39, 0.29) is 11.8 Å². The lowest BCUT2D eigenvalue weighted by atomic mass is 10.1. The van der Waals surface area contributed by atoms with Gasteiger partial charge in [-0.15, -0.1) is 0 Å². The topological polar surface area (TPSA) is 84.9 Å². The van der Waals surface area contributed by atoms with Crippen LogP contribution >= 0.6 is 0 Å². The zero-order valence-corrected chi connectivity index (χ0v) is 18.0. The Labute approximate surface area is 190 Å². The quantitative estimate of drug-likeness (QED) is 0.470. The van der Waals surface area contributed by atoms with Crippen LogP contribution in [0.3, 0.4) is 0 Å². The summed E-state index contributed by atoms with van der Waals surface area (Å²) in [5.41, 5.74) is 3.09. The van der Waals surface area contributed by atoms with Gasteiger partial charge in [0.1, 0.15) is 17.3 Å². The second-order valence-corrected chi connectivity index (χ2v) is 7.78. The third-order valence-electron chi connectivity index (χ3n) is 5.65. The Morgan fingerprint density at radius 1 is 1.03 bits per heavy atom. The molecule has 3 heterocycles. The van der Waals surface area contributed by atoms with Crippen molar-refractivity contribution in [1.29, 1.82) is 0 Å². The smallest absolute Gasteiger partial charge is 0.289 e. The second kappa shape index (κ2) is 8.70. The number of amides is 2. The van der Waals surface area contributed by atoms with Crippen molar-refractivity contribution in [1.82, 2.24) is 4.90 Å². The van der Waals surface area contributed by atoms with Gasteiger partial charge in [-0.25, -0.2) is 0 Å². The van der Waals surface area contributed by atoms with Crippen LogP contribution < -0.4 is 10.1 Å². The summed E-state index contributed by atoms with van der Waals surface area (Å²) in [6.45, 7) is 1.06. The fourth-order valence-corrected chi connectivity index (χ4v) is 3.89. The lowest BCUT2D eigenvalue weighted by molar-refractivity contribution is 0.0697. The summed E-state index contributed by atoms with van der Waals surface area (Å²) < 4.78 is 16.5. The van der Waals surface area contributed by atoms with E-state index in [2.05, 4.69) is 5.32 Å². The van der Waals surface area contributed by atoms with Gasteiger partial charge in [-0.3, -0.25) is 9.59 Å². The molecule has 166 valence electrons. The van der Waals surface area contributed by atoms with Crippen molar-refractivity contribution in [2.45, 2.75) is 13.0 Å². The molecule has 4 aromatic rings. The Hall–Kier alpha value is -4.26. The van der Waals surface area contributed by atoms with Gasteiger partial charge in [-0.1, -0.05) is 6.07 Å². The average Bonchev–Trinajstić information content (AvgIpc) is 3.54. The highest BCUT2D eigenvalue weighted by atomic mass is 16.5. The van der Waals surface area contributed by atoms with E-state index in [4.69, 9.17) is 13.6 Å². The fourth-order valence-electron chi connectivity index (χ4n) is 3.89. The number of furan rings is 2. The minimum Gasteiger partial charge on any atom is -0.497 e. The number of nitrogens with zero attached hydrogens (tertiary/aromatic N) is 1. The first-order chi connectivity index (χ1) is 16.1. The summed E-state index contributed by atoms with van der Waals surface area (Å²) in [4.78, 5) is 26.8. The van der Waals surface area contributed by atoms with Gasteiger partial charge >= 0.3 is 0 Å². The number of anilines is 1. The number of carbonyl (C=O) groups excluding carboxylic acids is 2. The molecule has 7 nitrogen and oxygen atoms in total. The number of benzene rings is 2. The number of fused-ring (bicyclic) bond motifs is 1. The first-order valence-corrected chi connectivity index (χ1v) is 10.6. The third kappa shape index (κ3) is 4.25. The number of nitrogens with one attached hydrogen (secondary N) is 1. The normalized spacial score (nSPS) is 12.8. The second-order valence-electron chi connectivity index (χ2n) is 7.78. The Balaban J connectivity index is 1.27. The summed E-state index contributed by atoms with van der Waals surface area (Å²) >= 11 is 0. The monoisotopic (exact) mass is 442 g/mol. The molecule has 0 saturated heterocycles. The van der Waals surface area contributed by atoms with Crippen molar-refractivity contribution in [3.05, 3.63) is 95.6 Å². The Morgan fingerprint density at radius 3 is 2.64 bits per heavy atom. The number of hydrogen-bond donors (Lipinski definition) is 1. The SMILES string of the molecule is COc1cccc(C(=O)Nc2ccc(-c3cc4c(o3)CCN(C(=O)c3ccco3)C4)cc2)c1. The molecule has 0 atom stereocenters. The molecule has 1 aliphatic rings. The largest absolute Gasteiger partial charge is 0.497 e. The molecular weight excluding hydrogens is 420 g/mol. The molecule has 0 fully saturated rings. The number of rotatable bonds is 5. The van der Waals surface area contributed by atoms with E-state index in [9.17, 15) is 9.59 Å². The molecule has 0 bridgehead atoms. The van der Waals surface area contributed by atoms with Gasteiger partial charge in [0.25, 0.3) is 11.8 Å². The molecule has 5 rings (SSSR count). The van der Waals surface area contributed by atoms with Crippen LogP contribution in [0.4, 0.5) is 5.69 Å². The predicted octanol–water partition coefficient (Wildman–Crippen LogP) is 5.00. The Bertz CT molecular complexity index is 1290. The van der Waals surface area contributed by atoms with Crippen LogP contribution in [0, 0.1) is 0 Å². The summed E-state index contributed by atoms with van der Waals surface area (Å²) in [5, 5.41) is 2.89. The zero-order chi connectivity index (χ0) is 22.8. The molecule has 1 aliphatic heterocycles. The Morgan fingerprint density at radius 2 is 1.88 bits per heavy atom. The van der Waals surface area contributed by atoms with E-state index < -0.39 is 0 Å². The molecule has 2 aromatic carbocycles. The van der Waals surface area contributed by atoms with Crippen LogP contribution in [-0.2, 0) is 13.0 Å². The summed E-state index contributed by atoms with van der Waals surface area (Å²) in [6, 6.07) is 19.8. The van der Waals surface area contributed by atoms with Crippen molar-refractivity contribution in [2.24, 2.45) is 0 Å². The highest BCUT2D eigenvalue weighted by Crippen LogP contribution is 2.31. The van der Waals surface area contributed by atoms with Crippen molar-refractivity contribution >= 4 is 17.5 Å². The average molecular weight is 442 g/mol. The molecule has 0 unspecified atom stereocenters. The number of hydrogen-bond acceptors (Lipinski definition) is 5. The summed E-state index contributed by atoms with van der Waals surface area (Å²) in [6.07, 6.45) is 2.15. The molecule has 0 saturated carbocycles. The van der Waals surface area contributed by atoms with Crippen molar-refractivity contribution in [3.63, 3.8) is 0 Å². The van der Waals surface area contributed by atoms with Crippen LogP contribution in [0.15, 0.2) is 81.8 Å². The zero-order valence-electron chi connectivity index (χ0n) is 18.0. The van der Waals surface area contributed by atoms with Gasteiger partial charge in [-0.05, 0) is 60.7 Å². The molecule has 2 amide bonds. The van der Waals surface area contributed by atoms with Gasteiger partial charge in [0, 0.05) is 41.9 Å². The number of ether oxygens (including phenoxy) is 1. The third-order valence-corrected chi connectivity index (χ3v) is 5.65. The van der Waals surface area contributed by atoms with E-state index in [1.807, 2.05) is 30.3 Å². The van der Waals surface area contributed by atoms with E-state index in [0.29, 0.717) is 42.3 Å². The fraction of sp³-hybridized carbons (Fsp3) is 0.154. The minimum absolute atomic E-state index is 0.121. The van der Waals surface area contributed by atoms with Crippen LogP contribution in [0.25, 0.3) is 11.3 Å². The van der Waals surface area contributed by atoms with E-state index >= 15 is 0 Å². The van der Waals surface area contributed by atoms with Crippen LogP contribution in [0.1, 0.15) is 32.2 Å². The Kier molecular flexibility index (Phi) is 5.44. The number of methoxy groups -OCH3 is 1. The highest BCUT2D eigenvalue weighted by molar-refractivity contribution is 6.04. The molecule has 2 aromatic heterocycles. The highest BCUT2D eigenvalue weighted by Gasteiger charge is 2.26. The van der Waals surface area contributed by atoms with Crippen LogP contribution in [0.2, 0.25) is 0 Å². The standard InChI is InChI=1S/C26H22N2O5/c1-31-21-5-2-4-18(14-21)25(29)27-20-9-7-17(8-10-20)24-15-19-16-28(12-11-22(19)33-24)26(30)23-6-3-13-32-23/h2-10,13-15H,11-12,16H2,1H3,(H,27,29). The molecule has 0 radical (unpaired) electrons. The van der Waals surface area contributed by atoms with Crippen LogP contribution in [0.5, 0.6) is 5.75 Å². The minimum atomic E-state index is -0.212.